The van der Waals surface area contributed by atoms with Crippen LogP contribution in [0.15, 0.2) is 18.2 Å². The summed E-state index contributed by atoms with van der Waals surface area (Å²) in [6.45, 7) is 3.81. The van der Waals surface area contributed by atoms with Crippen molar-refractivity contribution in [1.29, 1.82) is 0 Å². The Labute approximate surface area is 113 Å². The fourth-order valence-electron chi connectivity index (χ4n) is 1.93. The van der Waals surface area contributed by atoms with Crippen molar-refractivity contribution >= 4 is 9.84 Å². The molecule has 1 fully saturated rings. The maximum atomic E-state index is 11.1. The molecule has 19 heavy (non-hydrogen) atoms. The van der Waals surface area contributed by atoms with Crippen molar-refractivity contribution in [3.63, 3.8) is 0 Å². The smallest absolute Gasteiger partial charge is 0.161 e. The van der Waals surface area contributed by atoms with Crippen molar-refractivity contribution in [1.82, 2.24) is 0 Å². The minimum absolute atomic E-state index is 0.0697. The summed E-state index contributed by atoms with van der Waals surface area (Å²) in [5.74, 6) is 1.26. The lowest BCUT2D eigenvalue weighted by molar-refractivity contribution is 0.219. The van der Waals surface area contributed by atoms with Gasteiger partial charge in [0.25, 0.3) is 0 Å². The molecule has 1 heterocycles. The van der Waals surface area contributed by atoms with Crippen LogP contribution in [0.1, 0.15) is 19.4 Å². The average molecular weight is 285 g/mol. The van der Waals surface area contributed by atoms with E-state index in [1.807, 2.05) is 26.0 Å². The zero-order valence-corrected chi connectivity index (χ0v) is 12.2. The van der Waals surface area contributed by atoms with Gasteiger partial charge < -0.3 is 15.2 Å². The third kappa shape index (κ3) is 3.19. The van der Waals surface area contributed by atoms with E-state index in [1.165, 1.54) is 0 Å². The molecule has 0 saturated carbocycles. The van der Waals surface area contributed by atoms with Gasteiger partial charge in [0.05, 0.1) is 18.6 Å². The zero-order chi connectivity index (χ0) is 14.3. The highest BCUT2D eigenvalue weighted by Crippen LogP contribution is 2.33. The molecule has 0 aliphatic carbocycles. The van der Waals surface area contributed by atoms with Gasteiger partial charge in [0, 0.05) is 5.54 Å². The van der Waals surface area contributed by atoms with Crippen LogP contribution >= 0.6 is 0 Å². The number of ether oxygens (including phenoxy) is 2. The first-order valence-electron chi connectivity index (χ1n) is 6.06. The van der Waals surface area contributed by atoms with Gasteiger partial charge in [0.15, 0.2) is 21.3 Å². The van der Waals surface area contributed by atoms with Gasteiger partial charge in [-0.3, -0.25) is 0 Å². The van der Waals surface area contributed by atoms with Crippen LogP contribution in [-0.4, -0.2) is 33.1 Å². The Bertz CT molecular complexity index is 563. The molecule has 0 aromatic heterocycles. The highest BCUT2D eigenvalue weighted by atomic mass is 32.2. The van der Waals surface area contributed by atoms with Crippen LogP contribution in [-0.2, 0) is 15.4 Å². The second-order valence-electron chi connectivity index (χ2n) is 5.40. The number of hydrogen-bond donors (Lipinski definition) is 1. The average Bonchev–Trinajstić information content (AvgIpc) is 2.25. The van der Waals surface area contributed by atoms with Gasteiger partial charge in [0.2, 0.25) is 0 Å². The number of benzene rings is 1. The van der Waals surface area contributed by atoms with Gasteiger partial charge in [-0.05, 0) is 31.5 Å². The van der Waals surface area contributed by atoms with Crippen molar-refractivity contribution in [3.05, 3.63) is 23.8 Å². The quantitative estimate of drug-likeness (QED) is 0.895. The number of hydrogen-bond acceptors (Lipinski definition) is 5. The largest absolute Gasteiger partial charge is 0.493 e. The Morgan fingerprint density at radius 3 is 2.37 bits per heavy atom. The predicted octanol–water partition coefficient (Wildman–Crippen LogP) is 1.06. The van der Waals surface area contributed by atoms with E-state index in [2.05, 4.69) is 0 Å². The Hall–Kier alpha value is -1.27. The molecule has 0 spiro atoms. The molecule has 1 aliphatic heterocycles. The number of sulfone groups is 1. The molecule has 0 amide bonds. The lowest BCUT2D eigenvalue weighted by Crippen LogP contribution is -2.45. The summed E-state index contributed by atoms with van der Waals surface area (Å²) >= 11 is 0. The molecule has 0 unspecified atom stereocenters. The van der Waals surface area contributed by atoms with Gasteiger partial charge >= 0.3 is 0 Å². The molecule has 1 aliphatic rings. The summed E-state index contributed by atoms with van der Waals surface area (Å²) in [5.41, 5.74) is 6.49. The third-order valence-electron chi connectivity index (χ3n) is 3.08. The lowest BCUT2D eigenvalue weighted by Gasteiger charge is -2.28. The van der Waals surface area contributed by atoms with E-state index in [0.717, 1.165) is 5.56 Å². The molecule has 0 radical (unpaired) electrons. The molecule has 106 valence electrons. The Kier molecular flexibility index (Phi) is 3.49. The minimum Gasteiger partial charge on any atom is -0.493 e. The van der Waals surface area contributed by atoms with E-state index >= 15 is 0 Å². The summed E-state index contributed by atoms with van der Waals surface area (Å²) in [7, 11) is -1.34. The van der Waals surface area contributed by atoms with Crippen molar-refractivity contribution in [2.24, 2.45) is 5.73 Å². The van der Waals surface area contributed by atoms with Crippen molar-refractivity contribution in [3.8, 4) is 11.5 Å². The standard InChI is InChI=1S/C13H19NO4S/c1-13(2,14)9-4-5-11(12(6-9)17-3)18-10-7-19(15,16)8-10/h4-6,10H,7-8,14H2,1-3H3. The van der Waals surface area contributed by atoms with Gasteiger partial charge in [-0.25, -0.2) is 8.42 Å². The molecular formula is C13H19NO4S. The SMILES string of the molecule is COc1cc(C(C)(C)N)ccc1OC1CS(=O)(=O)C1. The molecule has 2 rings (SSSR count). The highest BCUT2D eigenvalue weighted by Gasteiger charge is 2.35. The summed E-state index contributed by atoms with van der Waals surface area (Å²) < 4.78 is 33.1. The fraction of sp³-hybridized carbons (Fsp3) is 0.538. The van der Waals surface area contributed by atoms with Crippen LogP contribution < -0.4 is 15.2 Å². The van der Waals surface area contributed by atoms with Crippen LogP contribution in [0.2, 0.25) is 0 Å². The third-order valence-corrected chi connectivity index (χ3v) is 4.84. The predicted molar refractivity (Wildman–Crippen MR) is 73.3 cm³/mol. The fourth-order valence-corrected chi connectivity index (χ4v) is 3.10. The van der Waals surface area contributed by atoms with E-state index in [-0.39, 0.29) is 17.6 Å². The topological polar surface area (TPSA) is 78.6 Å². The van der Waals surface area contributed by atoms with E-state index < -0.39 is 15.4 Å². The van der Waals surface area contributed by atoms with Crippen molar-refractivity contribution < 1.29 is 17.9 Å². The van der Waals surface area contributed by atoms with Crippen LogP contribution in [0.25, 0.3) is 0 Å². The first-order chi connectivity index (χ1) is 8.71. The van der Waals surface area contributed by atoms with E-state index in [4.69, 9.17) is 15.2 Å². The van der Waals surface area contributed by atoms with Gasteiger partial charge in [-0.2, -0.15) is 0 Å². The van der Waals surface area contributed by atoms with Crippen molar-refractivity contribution in [2.45, 2.75) is 25.5 Å². The first kappa shape index (κ1) is 14.1. The van der Waals surface area contributed by atoms with E-state index in [9.17, 15) is 8.42 Å². The summed E-state index contributed by atoms with van der Waals surface area (Å²) in [4.78, 5) is 0. The molecule has 1 aromatic carbocycles. The molecular weight excluding hydrogens is 266 g/mol. The minimum atomic E-state index is -2.89. The molecule has 6 heteroatoms. The van der Waals surface area contributed by atoms with E-state index in [0.29, 0.717) is 11.5 Å². The monoisotopic (exact) mass is 285 g/mol. The molecule has 1 aromatic rings. The summed E-state index contributed by atoms with van der Waals surface area (Å²) in [5, 5.41) is 0. The summed E-state index contributed by atoms with van der Waals surface area (Å²) in [6, 6.07) is 5.46. The summed E-state index contributed by atoms with van der Waals surface area (Å²) in [6.07, 6.45) is -0.282. The highest BCUT2D eigenvalue weighted by molar-refractivity contribution is 7.92. The molecule has 0 atom stereocenters. The van der Waals surface area contributed by atoms with Crippen LogP contribution in [0.5, 0.6) is 11.5 Å². The molecule has 1 saturated heterocycles. The number of nitrogens with two attached hydrogens (primary N) is 1. The second kappa shape index (κ2) is 4.68. The number of methoxy groups -OCH3 is 1. The van der Waals surface area contributed by atoms with Gasteiger partial charge in [0.1, 0.15) is 6.10 Å². The van der Waals surface area contributed by atoms with E-state index in [1.54, 1.807) is 13.2 Å². The number of rotatable bonds is 4. The first-order valence-corrected chi connectivity index (χ1v) is 7.88. The normalized spacial score (nSPS) is 18.7. The zero-order valence-electron chi connectivity index (χ0n) is 11.3. The maximum Gasteiger partial charge on any atom is 0.161 e. The van der Waals surface area contributed by atoms with Gasteiger partial charge in [-0.15, -0.1) is 0 Å². The Morgan fingerprint density at radius 1 is 1.26 bits per heavy atom. The Balaban J connectivity index is 2.18. The molecule has 0 bridgehead atoms. The maximum absolute atomic E-state index is 11.1. The molecule has 5 nitrogen and oxygen atoms in total. The van der Waals surface area contributed by atoms with Crippen LogP contribution in [0.3, 0.4) is 0 Å². The van der Waals surface area contributed by atoms with Gasteiger partial charge in [-0.1, -0.05) is 6.07 Å². The lowest BCUT2D eigenvalue weighted by atomic mass is 9.95. The second-order valence-corrected chi connectivity index (χ2v) is 7.56. The Morgan fingerprint density at radius 2 is 1.89 bits per heavy atom. The van der Waals surface area contributed by atoms with Crippen LogP contribution in [0, 0.1) is 0 Å². The molecule has 2 N–H and O–H groups in total. The van der Waals surface area contributed by atoms with Crippen molar-refractivity contribution in [2.75, 3.05) is 18.6 Å². The van der Waals surface area contributed by atoms with Crippen LogP contribution in [0.4, 0.5) is 0 Å².